The van der Waals surface area contributed by atoms with Crippen molar-refractivity contribution in [1.29, 1.82) is 0 Å². The summed E-state index contributed by atoms with van der Waals surface area (Å²) in [7, 11) is 0. The third-order valence-corrected chi connectivity index (χ3v) is 6.77. The molecule has 0 unspecified atom stereocenters. The number of halogens is 1. The molecule has 1 N–H and O–H groups in total. The summed E-state index contributed by atoms with van der Waals surface area (Å²) >= 11 is 0. The summed E-state index contributed by atoms with van der Waals surface area (Å²) < 4.78 is 19.0. The molecule has 0 saturated carbocycles. The van der Waals surface area contributed by atoms with Crippen LogP contribution in [0.3, 0.4) is 0 Å². The average Bonchev–Trinajstić information content (AvgIpc) is 3.01. The first-order valence-electron chi connectivity index (χ1n) is 14.0. The summed E-state index contributed by atoms with van der Waals surface area (Å²) in [5.74, 6) is 0.952. The molecule has 212 valence electrons. The van der Waals surface area contributed by atoms with Gasteiger partial charge in [0.25, 0.3) is 5.91 Å². The van der Waals surface area contributed by atoms with Crippen LogP contribution >= 0.6 is 0 Å². The van der Waals surface area contributed by atoms with E-state index in [0.717, 1.165) is 55.3 Å². The fourth-order valence-corrected chi connectivity index (χ4v) is 4.45. The molecule has 5 rings (SSSR count). The molecule has 1 fully saturated rings. The van der Waals surface area contributed by atoms with Crippen LogP contribution in [0.25, 0.3) is 5.70 Å². The number of aromatic nitrogens is 1. The molecule has 1 amide bonds. The van der Waals surface area contributed by atoms with E-state index < -0.39 is 0 Å². The van der Waals surface area contributed by atoms with E-state index in [-0.39, 0.29) is 11.7 Å². The van der Waals surface area contributed by atoms with E-state index in [2.05, 4.69) is 26.7 Å². The van der Waals surface area contributed by atoms with Gasteiger partial charge in [-0.2, -0.15) is 0 Å². The minimum Gasteiger partial charge on any atom is -0.457 e. The van der Waals surface area contributed by atoms with Crippen molar-refractivity contribution in [1.82, 2.24) is 14.8 Å². The molecule has 0 spiro atoms. The summed E-state index contributed by atoms with van der Waals surface area (Å²) in [6.07, 6.45) is 1.70. The van der Waals surface area contributed by atoms with Crippen LogP contribution in [-0.2, 0) is 6.54 Å². The van der Waals surface area contributed by atoms with Gasteiger partial charge in [-0.25, -0.2) is 4.39 Å². The molecule has 0 aliphatic carbocycles. The van der Waals surface area contributed by atoms with Crippen molar-refractivity contribution in [2.75, 3.05) is 31.5 Å². The highest BCUT2D eigenvalue weighted by Gasteiger charge is 2.19. The van der Waals surface area contributed by atoms with Crippen molar-refractivity contribution >= 4 is 17.3 Å². The van der Waals surface area contributed by atoms with Gasteiger partial charge >= 0.3 is 0 Å². The predicted molar refractivity (Wildman–Crippen MR) is 164 cm³/mol. The Morgan fingerprint density at radius 3 is 2.07 bits per heavy atom. The Bertz CT molecular complexity index is 1410. The highest BCUT2D eigenvalue weighted by Crippen LogP contribution is 2.24. The van der Waals surface area contributed by atoms with Crippen LogP contribution in [0.15, 0.2) is 97.7 Å². The quantitative estimate of drug-likeness (QED) is 0.247. The molecule has 6 nitrogen and oxygen atoms in total. The number of amides is 1. The average molecular weight is 553 g/mol. The van der Waals surface area contributed by atoms with Crippen molar-refractivity contribution in [3.05, 3.63) is 126 Å². The lowest BCUT2D eigenvalue weighted by Crippen LogP contribution is -2.44. The van der Waals surface area contributed by atoms with Gasteiger partial charge in [0.2, 0.25) is 0 Å². The molecule has 0 atom stereocenters. The molecular formula is C34H37FN4O2. The second kappa shape index (κ2) is 14.2. The third-order valence-electron chi connectivity index (χ3n) is 6.77. The van der Waals surface area contributed by atoms with E-state index >= 15 is 0 Å². The van der Waals surface area contributed by atoms with Gasteiger partial charge in [0.05, 0.1) is 0 Å². The van der Waals surface area contributed by atoms with Crippen molar-refractivity contribution in [2.45, 2.75) is 27.3 Å². The maximum atomic E-state index is 13.2. The first kappa shape index (κ1) is 29.5. The van der Waals surface area contributed by atoms with Gasteiger partial charge in [-0.15, -0.1) is 0 Å². The van der Waals surface area contributed by atoms with E-state index in [9.17, 15) is 9.18 Å². The van der Waals surface area contributed by atoms with E-state index in [1.54, 1.807) is 24.4 Å². The molecule has 0 radical (unpaired) electrons. The Kier molecular flexibility index (Phi) is 10.2. The molecule has 1 aromatic heterocycles. The van der Waals surface area contributed by atoms with Crippen molar-refractivity contribution in [3.63, 3.8) is 0 Å². The first-order chi connectivity index (χ1) is 19.9. The lowest BCUT2D eigenvalue weighted by molar-refractivity contribution is 0.102. The van der Waals surface area contributed by atoms with Crippen LogP contribution < -0.4 is 10.1 Å². The number of hydrogen-bond acceptors (Lipinski definition) is 5. The number of aryl methyl sites for hydroxylation is 1. The molecule has 3 aromatic carbocycles. The second-order valence-corrected chi connectivity index (χ2v) is 9.66. The number of carbonyl (C=O) groups is 1. The molecule has 41 heavy (non-hydrogen) atoms. The maximum absolute atomic E-state index is 13.2. The van der Waals surface area contributed by atoms with Crippen molar-refractivity contribution < 1.29 is 13.9 Å². The summed E-state index contributed by atoms with van der Waals surface area (Å²) in [5, 5.41) is 2.88. The number of pyridine rings is 1. The molecule has 1 aliphatic heterocycles. The van der Waals surface area contributed by atoms with Gasteiger partial charge in [0.1, 0.15) is 23.0 Å². The van der Waals surface area contributed by atoms with Crippen LogP contribution in [0.1, 0.15) is 41.0 Å². The first-order valence-corrected chi connectivity index (χ1v) is 14.0. The zero-order valence-electron chi connectivity index (χ0n) is 23.9. The summed E-state index contributed by atoms with van der Waals surface area (Å²) in [4.78, 5) is 21.7. The summed E-state index contributed by atoms with van der Waals surface area (Å²) in [6.45, 7) is 14.5. The van der Waals surface area contributed by atoms with Crippen LogP contribution in [0, 0.1) is 12.7 Å². The highest BCUT2D eigenvalue weighted by molar-refractivity contribution is 6.02. The number of rotatable bonds is 8. The normalized spacial score (nSPS) is 13.1. The van der Waals surface area contributed by atoms with Gasteiger partial charge in [-0.05, 0) is 73.2 Å². The SMILES string of the molecule is C=C(c1ccc(C(=O)Nc2ccc(Oc3ccc(C)cc3)cc2)nc1)N1CCN(Cc2ccc(F)cc2)CC1.CC. The van der Waals surface area contributed by atoms with Gasteiger partial charge in [-0.1, -0.05) is 50.3 Å². The lowest BCUT2D eigenvalue weighted by Gasteiger charge is -2.37. The van der Waals surface area contributed by atoms with E-state index in [1.165, 1.54) is 17.7 Å². The van der Waals surface area contributed by atoms with E-state index in [1.807, 2.05) is 75.4 Å². The second-order valence-electron chi connectivity index (χ2n) is 9.66. The van der Waals surface area contributed by atoms with Gasteiger partial charge in [-0.3, -0.25) is 14.7 Å². The molecule has 2 heterocycles. The van der Waals surface area contributed by atoms with Crippen LogP contribution in [0.2, 0.25) is 0 Å². The van der Waals surface area contributed by atoms with Crippen LogP contribution in [0.5, 0.6) is 11.5 Å². The molecule has 1 saturated heterocycles. The van der Waals surface area contributed by atoms with Gasteiger partial charge in [0, 0.05) is 55.9 Å². The Morgan fingerprint density at radius 2 is 1.49 bits per heavy atom. The predicted octanol–water partition coefficient (Wildman–Crippen LogP) is 7.39. The smallest absolute Gasteiger partial charge is 0.274 e. The molecule has 1 aliphatic rings. The number of piperazine rings is 1. The Labute approximate surface area is 242 Å². The zero-order chi connectivity index (χ0) is 29.2. The number of hydrogen-bond donors (Lipinski definition) is 1. The largest absolute Gasteiger partial charge is 0.457 e. The topological polar surface area (TPSA) is 57.7 Å². The van der Waals surface area contributed by atoms with E-state index in [4.69, 9.17) is 4.74 Å². The highest BCUT2D eigenvalue weighted by atomic mass is 19.1. The van der Waals surface area contributed by atoms with Crippen LogP contribution in [-0.4, -0.2) is 46.9 Å². The minimum atomic E-state index is -0.284. The molecule has 4 aromatic rings. The maximum Gasteiger partial charge on any atom is 0.274 e. The number of anilines is 1. The molecule has 7 heteroatoms. The Morgan fingerprint density at radius 1 is 0.878 bits per heavy atom. The molecule has 0 bridgehead atoms. The standard InChI is InChI=1S/C32H31FN4O2.C2H6/c1-23-3-12-29(13-4-23)39-30-14-10-28(11-15-30)35-32(38)31-16-7-26(21-34-31)24(2)37-19-17-36(18-20-37)22-25-5-8-27(33)9-6-25;1-2/h3-16,21H,2,17-20,22H2,1H3,(H,35,38);1-2H3. The number of carbonyl (C=O) groups excluding carboxylic acids is 1. The summed E-state index contributed by atoms with van der Waals surface area (Å²) in [6, 6.07) is 25.3. The van der Waals surface area contributed by atoms with E-state index in [0.29, 0.717) is 17.1 Å². The minimum absolute atomic E-state index is 0.213. The van der Waals surface area contributed by atoms with Crippen LogP contribution in [0.4, 0.5) is 10.1 Å². The Balaban J connectivity index is 0.00000189. The monoisotopic (exact) mass is 552 g/mol. The van der Waals surface area contributed by atoms with Gasteiger partial charge < -0.3 is 15.0 Å². The lowest BCUT2D eigenvalue weighted by atomic mass is 10.1. The summed E-state index contributed by atoms with van der Waals surface area (Å²) in [5.41, 5.74) is 5.04. The number of nitrogens with one attached hydrogen (secondary N) is 1. The zero-order valence-corrected chi connectivity index (χ0v) is 23.9. The number of ether oxygens (including phenoxy) is 1. The number of benzene rings is 3. The fourth-order valence-electron chi connectivity index (χ4n) is 4.45. The third kappa shape index (κ3) is 8.25. The van der Waals surface area contributed by atoms with Gasteiger partial charge in [0.15, 0.2) is 0 Å². The van der Waals surface area contributed by atoms with Crippen molar-refractivity contribution in [2.24, 2.45) is 0 Å². The molecular weight excluding hydrogens is 515 g/mol. The fraction of sp³-hybridized carbons (Fsp3) is 0.235. The number of nitrogens with zero attached hydrogens (tertiary/aromatic N) is 3. The van der Waals surface area contributed by atoms with Crippen molar-refractivity contribution in [3.8, 4) is 11.5 Å². The Hall–Kier alpha value is -4.49.